The van der Waals surface area contributed by atoms with Gasteiger partial charge in [-0.2, -0.15) is 0 Å². The van der Waals surface area contributed by atoms with Crippen molar-refractivity contribution >= 4 is 0 Å². The maximum atomic E-state index is 10.1. The summed E-state index contributed by atoms with van der Waals surface area (Å²) < 4.78 is 0. The molecule has 1 nitrogen and oxygen atoms in total. The van der Waals surface area contributed by atoms with Crippen molar-refractivity contribution in [3.63, 3.8) is 0 Å². The van der Waals surface area contributed by atoms with Gasteiger partial charge in [0.05, 0.1) is 5.60 Å². The van der Waals surface area contributed by atoms with Crippen molar-refractivity contribution in [3.05, 3.63) is 12.2 Å². The summed E-state index contributed by atoms with van der Waals surface area (Å²) in [5, 5.41) is 10.1. The van der Waals surface area contributed by atoms with Crippen LogP contribution in [0.5, 0.6) is 0 Å². The highest BCUT2D eigenvalue weighted by Gasteiger charge is 2.32. The molecule has 0 aromatic heterocycles. The molecule has 0 radical (unpaired) electrons. The van der Waals surface area contributed by atoms with Crippen LogP contribution in [0.2, 0.25) is 0 Å². The van der Waals surface area contributed by atoms with Gasteiger partial charge >= 0.3 is 0 Å². The summed E-state index contributed by atoms with van der Waals surface area (Å²) in [6, 6.07) is 0. The zero-order valence-electron chi connectivity index (χ0n) is 8.27. The molecule has 0 heterocycles. The Kier molecular flexibility index (Phi) is 2.94. The molecule has 0 aliphatic heterocycles. The third-order valence-electron chi connectivity index (χ3n) is 3.30. The fourth-order valence-corrected chi connectivity index (χ4v) is 1.99. The molecule has 1 N–H and O–H groups in total. The predicted octanol–water partition coefficient (Wildman–Crippen LogP) is 2.89. The van der Waals surface area contributed by atoms with Gasteiger partial charge in [-0.1, -0.05) is 19.9 Å². The lowest BCUT2D eigenvalue weighted by Gasteiger charge is -2.36. The highest BCUT2D eigenvalue weighted by molar-refractivity contribution is 5.10. The number of rotatable bonds is 2. The molecule has 70 valence electrons. The van der Waals surface area contributed by atoms with Gasteiger partial charge in [0, 0.05) is 0 Å². The molecule has 0 atom stereocenters. The topological polar surface area (TPSA) is 20.2 Å². The molecule has 1 heteroatoms. The first-order valence-electron chi connectivity index (χ1n) is 4.97. The summed E-state index contributed by atoms with van der Waals surface area (Å²) in [4.78, 5) is 0. The zero-order chi connectivity index (χ0) is 9.19. The molecular formula is C11H20O. The van der Waals surface area contributed by atoms with Crippen molar-refractivity contribution in [3.8, 4) is 0 Å². The van der Waals surface area contributed by atoms with E-state index in [0.29, 0.717) is 0 Å². The van der Waals surface area contributed by atoms with Gasteiger partial charge in [-0.3, -0.25) is 0 Å². The van der Waals surface area contributed by atoms with Gasteiger partial charge in [-0.05, 0) is 44.1 Å². The largest absolute Gasteiger partial charge is 0.386 e. The minimum atomic E-state index is -0.536. The fraction of sp³-hybridized carbons (Fsp3) is 0.818. The molecule has 12 heavy (non-hydrogen) atoms. The maximum Gasteiger partial charge on any atom is 0.0851 e. The van der Waals surface area contributed by atoms with E-state index in [0.717, 1.165) is 24.3 Å². The lowest BCUT2D eigenvalue weighted by Crippen LogP contribution is -2.34. The molecule has 0 saturated heterocycles. The first-order chi connectivity index (χ1) is 5.58. The van der Waals surface area contributed by atoms with E-state index >= 15 is 0 Å². The molecule has 0 amide bonds. The Morgan fingerprint density at radius 2 is 2.00 bits per heavy atom. The van der Waals surface area contributed by atoms with E-state index in [4.69, 9.17) is 0 Å². The van der Waals surface area contributed by atoms with Crippen LogP contribution in [0.3, 0.4) is 0 Å². The van der Waals surface area contributed by atoms with Crippen molar-refractivity contribution in [2.24, 2.45) is 5.92 Å². The summed E-state index contributed by atoms with van der Waals surface area (Å²) in [6.07, 6.45) is 5.42. The minimum Gasteiger partial charge on any atom is -0.386 e. The van der Waals surface area contributed by atoms with Gasteiger partial charge in [-0.15, -0.1) is 0 Å². The molecule has 1 aliphatic rings. The van der Waals surface area contributed by atoms with Crippen molar-refractivity contribution in [1.82, 2.24) is 0 Å². The number of hydrogen-bond acceptors (Lipinski definition) is 1. The monoisotopic (exact) mass is 168 g/mol. The quantitative estimate of drug-likeness (QED) is 0.629. The lowest BCUT2D eigenvalue weighted by molar-refractivity contribution is 0.0242. The van der Waals surface area contributed by atoms with Crippen LogP contribution >= 0.6 is 0 Å². The predicted molar refractivity (Wildman–Crippen MR) is 52.0 cm³/mol. The summed E-state index contributed by atoms with van der Waals surface area (Å²) in [6.45, 7) is 8.02. The Bertz CT molecular complexity index is 164. The van der Waals surface area contributed by atoms with E-state index < -0.39 is 5.60 Å². The molecule has 0 spiro atoms. The Labute approximate surface area is 75.5 Å². The zero-order valence-corrected chi connectivity index (χ0v) is 8.27. The summed E-state index contributed by atoms with van der Waals surface area (Å²) >= 11 is 0. The van der Waals surface area contributed by atoms with E-state index in [1.165, 1.54) is 19.3 Å². The standard InChI is InChI=1S/C11H20O/c1-4-10-5-7-11(12,8-6-10)9(2)3/h10,12H,2,4-8H2,1,3H3. The van der Waals surface area contributed by atoms with Crippen LogP contribution in [0.15, 0.2) is 12.2 Å². The van der Waals surface area contributed by atoms with Crippen LogP contribution in [0.4, 0.5) is 0 Å². The molecule has 1 aliphatic carbocycles. The third kappa shape index (κ3) is 1.89. The smallest absolute Gasteiger partial charge is 0.0851 e. The van der Waals surface area contributed by atoms with E-state index in [9.17, 15) is 5.11 Å². The van der Waals surface area contributed by atoms with E-state index in [1.54, 1.807) is 0 Å². The van der Waals surface area contributed by atoms with Crippen LogP contribution < -0.4 is 0 Å². The highest BCUT2D eigenvalue weighted by Crippen LogP contribution is 2.37. The summed E-state index contributed by atoms with van der Waals surface area (Å²) in [7, 11) is 0. The Hall–Kier alpha value is -0.300. The molecule has 0 bridgehead atoms. The second-order valence-electron chi connectivity index (χ2n) is 4.16. The molecule has 0 aromatic rings. The van der Waals surface area contributed by atoms with Crippen molar-refractivity contribution in [2.75, 3.05) is 0 Å². The van der Waals surface area contributed by atoms with Gasteiger partial charge < -0.3 is 5.11 Å². The number of aliphatic hydroxyl groups is 1. The molecular weight excluding hydrogens is 148 g/mol. The van der Waals surface area contributed by atoms with Gasteiger partial charge in [-0.25, -0.2) is 0 Å². The maximum absolute atomic E-state index is 10.1. The van der Waals surface area contributed by atoms with Crippen LogP contribution in [0.25, 0.3) is 0 Å². The first-order valence-corrected chi connectivity index (χ1v) is 4.97. The lowest BCUT2D eigenvalue weighted by atomic mass is 9.75. The van der Waals surface area contributed by atoms with Gasteiger partial charge in [0.25, 0.3) is 0 Å². The van der Waals surface area contributed by atoms with Gasteiger partial charge in [0.2, 0.25) is 0 Å². The second-order valence-corrected chi connectivity index (χ2v) is 4.16. The average Bonchev–Trinajstić information content (AvgIpc) is 2.06. The Balaban J connectivity index is 2.49. The average molecular weight is 168 g/mol. The van der Waals surface area contributed by atoms with Gasteiger partial charge in [0.15, 0.2) is 0 Å². The van der Waals surface area contributed by atoms with E-state index in [1.807, 2.05) is 6.92 Å². The summed E-state index contributed by atoms with van der Waals surface area (Å²) in [5.74, 6) is 0.838. The van der Waals surface area contributed by atoms with Crippen LogP contribution in [0.1, 0.15) is 46.0 Å². The highest BCUT2D eigenvalue weighted by atomic mass is 16.3. The first kappa shape index (κ1) is 9.79. The fourth-order valence-electron chi connectivity index (χ4n) is 1.99. The van der Waals surface area contributed by atoms with Crippen molar-refractivity contribution < 1.29 is 5.11 Å². The molecule has 1 saturated carbocycles. The third-order valence-corrected chi connectivity index (χ3v) is 3.30. The van der Waals surface area contributed by atoms with Crippen LogP contribution in [0, 0.1) is 5.92 Å². The molecule has 1 rings (SSSR count). The molecule has 0 aromatic carbocycles. The molecule has 1 fully saturated rings. The van der Waals surface area contributed by atoms with Crippen molar-refractivity contribution in [1.29, 1.82) is 0 Å². The van der Waals surface area contributed by atoms with E-state index in [-0.39, 0.29) is 0 Å². The SMILES string of the molecule is C=C(C)C1(O)CCC(CC)CC1. The van der Waals surface area contributed by atoms with Crippen molar-refractivity contribution in [2.45, 2.75) is 51.6 Å². The Morgan fingerprint density at radius 1 is 1.50 bits per heavy atom. The Morgan fingerprint density at radius 3 is 2.33 bits per heavy atom. The van der Waals surface area contributed by atoms with E-state index in [2.05, 4.69) is 13.5 Å². The normalized spacial score (nSPS) is 36.4. The van der Waals surface area contributed by atoms with Crippen LogP contribution in [-0.2, 0) is 0 Å². The molecule has 0 unspecified atom stereocenters. The second kappa shape index (κ2) is 3.61. The van der Waals surface area contributed by atoms with Crippen LogP contribution in [-0.4, -0.2) is 10.7 Å². The van der Waals surface area contributed by atoms with Gasteiger partial charge in [0.1, 0.15) is 0 Å². The number of hydrogen-bond donors (Lipinski definition) is 1. The minimum absolute atomic E-state index is 0.536. The summed E-state index contributed by atoms with van der Waals surface area (Å²) in [5.41, 5.74) is 0.406.